The molecule has 8 heteroatoms. The van der Waals surface area contributed by atoms with Crippen LogP contribution in [-0.2, 0) is 9.53 Å². The van der Waals surface area contributed by atoms with Crippen LogP contribution in [0.3, 0.4) is 0 Å². The van der Waals surface area contributed by atoms with Crippen LogP contribution in [0.1, 0.15) is 47.0 Å². The first-order chi connectivity index (χ1) is 12.3. The second kappa shape index (κ2) is 13.5. The van der Waals surface area contributed by atoms with Gasteiger partial charge in [-0.1, -0.05) is 27.7 Å². The first-order valence-corrected chi connectivity index (χ1v) is 9.79. The number of hydrogen-bond acceptors (Lipinski definition) is 4. The number of nitrogens with zero attached hydrogens (tertiary/aromatic N) is 2. The lowest BCUT2D eigenvalue weighted by molar-refractivity contribution is -0.122. The fourth-order valence-corrected chi connectivity index (χ4v) is 3.08. The minimum Gasteiger partial charge on any atom is -0.379 e. The number of ether oxygens (including phenoxy) is 1. The summed E-state index contributed by atoms with van der Waals surface area (Å²) in [6.45, 7) is 12.4. The first-order valence-electron chi connectivity index (χ1n) is 9.79. The molecule has 27 heavy (non-hydrogen) atoms. The monoisotopic (exact) mass is 497 g/mol. The minimum absolute atomic E-state index is 0. The number of guanidine groups is 1. The molecule has 0 bridgehead atoms. The molecule has 0 saturated carbocycles. The van der Waals surface area contributed by atoms with Crippen LogP contribution in [0.5, 0.6) is 0 Å². The fourth-order valence-electron chi connectivity index (χ4n) is 3.08. The van der Waals surface area contributed by atoms with E-state index < -0.39 is 0 Å². The molecule has 1 fully saturated rings. The van der Waals surface area contributed by atoms with Crippen molar-refractivity contribution < 1.29 is 9.53 Å². The molecule has 0 aromatic heterocycles. The molecule has 1 unspecified atom stereocenters. The molecule has 1 heterocycles. The average Bonchev–Trinajstić information content (AvgIpc) is 2.59. The Morgan fingerprint density at radius 2 is 1.89 bits per heavy atom. The molecule has 0 aromatic rings. The zero-order chi connectivity index (χ0) is 19.6. The molecule has 1 amide bonds. The van der Waals surface area contributed by atoms with Crippen LogP contribution in [0, 0.1) is 5.41 Å². The molecule has 3 N–H and O–H groups in total. The second-order valence-electron chi connectivity index (χ2n) is 8.09. The summed E-state index contributed by atoms with van der Waals surface area (Å²) in [6, 6.07) is 0.381. The van der Waals surface area contributed by atoms with E-state index in [2.05, 4.69) is 53.5 Å². The predicted molar refractivity (Wildman–Crippen MR) is 123 cm³/mol. The lowest BCUT2D eigenvalue weighted by Crippen LogP contribution is -2.51. The molecule has 0 spiro atoms. The maximum atomic E-state index is 11.8. The average molecular weight is 497 g/mol. The number of carbonyl (C=O) groups is 1. The number of amides is 1. The molecular weight excluding hydrogens is 457 g/mol. The van der Waals surface area contributed by atoms with Crippen molar-refractivity contribution in [2.75, 3.05) is 46.9 Å². The van der Waals surface area contributed by atoms with E-state index in [0.717, 1.165) is 51.4 Å². The van der Waals surface area contributed by atoms with E-state index in [1.54, 1.807) is 14.2 Å². The van der Waals surface area contributed by atoms with Crippen LogP contribution >= 0.6 is 24.0 Å². The number of nitrogens with one attached hydrogen (secondary N) is 3. The summed E-state index contributed by atoms with van der Waals surface area (Å²) >= 11 is 0. The molecule has 160 valence electrons. The van der Waals surface area contributed by atoms with Crippen LogP contribution in [0.25, 0.3) is 0 Å². The van der Waals surface area contributed by atoms with Crippen LogP contribution in [0.4, 0.5) is 0 Å². The van der Waals surface area contributed by atoms with Crippen LogP contribution in [0.2, 0.25) is 0 Å². The van der Waals surface area contributed by atoms with Gasteiger partial charge in [-0.05, 0) is 24.7 Å². The van der Waals surface area contributed by atoms with E-state index in [9.17, 15) is 4.79 Å². The van der Waals surface area contributed by atoms with E-state index in [1.807, 2.05) is 0 Å². The van der Waals surface area contributed by atoms with Crippen molar-refractivity contribution in [2.24, 2.45) is 10.4 Å². The standard InChI is InChI=1S/C19H39N5O2.HI/c1-7-10-21-17(25)14-24-11-8-15(9-12-24)23-18(20-5)22-13-16(26-6)19(2,3)4;/h15-16H,7-14H2,1-6H3,(H,21,25)(H2,20,22,23);1H. The largest absolute Gasteiger partial charge is 0.379 e. The van der Waals surface area contributed by atoms with Crippen LogP contribution in [-0.4, -0.2) is 75.8 Å². The third-order valence-corrected chi connectivity index (χ3v) is 4.80. The summed E-state index contributed by atoms with van der Waals surface area (Å²) in [5.41, 5.74) is 0.0737. The van der Waals surface area contributed by atoms with Crippen LogP contribution in [0.15, 0.2) is 4.99 Å². The third-order valence-electron chi connectivity index (χ3n) is 4.80. The Balaban J connectivity index is 0.00000676. The molecule has 0 radical (unpaired) electrons. The summed E-state index contributed by atoms with van der Waals surface area (Å²) in [4.78, 5) is 18.4. The Morgan fingerprint density at radius 1 is 1.26 bits per heavy atom. The Kier molecular flexibility index (Phi) is 13.2. The highest BCUT2D eigenvalue weighted by Crippen LogP contribution is 2.20. The van der Waals surface area contributed by atoms with Crippen molar-refractivity contribution in [2.45, 2.75) is 59.1 Å². The Morgan fingerprint density at radius 3 is 2.37 bits per heavy atom. The normalized spacial score (nSPS) is 17.8. The number of piperidine rings is 1. The highest BCUT2D eigenvalue weighted by Gasteiger charge is 2.25. The lowest BCUT2D eigenvalue weighted by Gasteiger charge is -2.33. The van der Waals surface area contributed by atoms with Gasteiger partial charge >= 0.3 is 0 Å². The first kappa shape index (κ1) is 26.4. The van der Waals surface area contributed by atoms with Crippen LogP contribution < -0.4 is 16.0 Å². The van der Waals surface area contributed by atoms with Crippen molar-refractivity contribution in [3.8, 4) is 0 Å². The highest BCUT2D eigenvalue weighted by atomic mass is 127. The molecule has 1 aliphatic heterocycles. The van der Waals surface area contributed by atoms with Gasteiger partial charge in [-0.2, -0.15) is 0 Å². The van der Waals surface area contributed by atoms with Gasteiger partial charge in [-0.15, -0.1) is 24.0 Å². The van der Waals surface area contributed by atoms with E-state index >= 15 is 0 Å². The molecule has 7 nitrogen and oxygen atoms in total. The number of aliphatic imine (C=N–C) groups is 1. The summed E-state index contributed by atoms with van der Waals surface area (Å²) in [7, 11) is 3.54. The molecule has 0 aliphatic carbocycles. The van der Waals surface area contributed by atoms with Gasteiger partial charge in [0.05, 0.1) is 12.6 Å². The fraction of sp³-hybridized carbons (Fsp3) is 0.895. The van der Waals surface area contributed by atoms with Crippen molar-refractivity contribution in [3.05, 3.63) is 0 Å². The van der Waals surface area contributed by atoms with Gasteiger partial charge in [0.2, 0.25) is 5.91 Å². The van der Waals surface area contributed by atoms with Crippen molar-refractivity contribution in [1.29, 1.82) is 0 Å². The number of likely N-dealkylation sites (tertiary alicyclic amines) is 1. The number of rotatable bonds is 8. The Labute approximate surface area is 182 Å². The van der Waals surface area contributed by atoms with E-state index in [-0.39, 0.29) is 41.4 Å². The number of hydrogen-bond donors (Lipinski definition) is 3. The quantitative estimate of drug-likeness (QED) is 0.271. The summed E-state index contributed by atoms with van der Waals surface area (Å²) in [5, 5.41) is 9.82. The van der Waals surface area contributed by atoms with Gasteiger partial charge in [0.15, 0.2) is 5.96 Å². The van der Waals surface area contributed by atoms with Gasteiger partial charge < -0.3 is 20.7 Å². The minimum atomic E-state index is 0. The third kappa shape index (κ3) is 10.5. The molecule has 1 atom stereocenters. The molecule has 1 rings (SSSR count). The van der Waals surface area contributed by atoms with Crippen molar-refractivity contribution in [1.82, 2.24) is 20.9 Å². The second-order valence-corrected chi connectivity index (χ2v) is 8.09. The van der Waals surface area contributed by atoms with Crippen molar-refractivity contribution in [3.63, 3.8) is 0 Å². The number of methoxy groups -OCH3 is 1. The van der Waals surface area contributed by atoms with Gasteiger partial charge in [0.1, 0.15) is 0 Å². The van der Waals surface area contributed by atoms with Crippen molar-refractivity contribution >= 4 is 35.8 Å². The molecular formula is C19H40IN5O2. The lowest BCUT2D eigenvalue weighted by atomic mass is 9.89. The number of carbonyl (C=O) groups excluding carboxylic acids is 1. The van der Waals surface area contributed by atoms with Gasteiger partial charge in [-0.3, -0.25) is 14.7 Å². The zero-order valence-corrected chi connectivity index (χ0v) is 20.3. The summed E-state index contributed by atoms with van der Waals surface area (Å²) in [5.74, 6) is 0.943. The predicted octanol–water partition coefficient (Wildman–Crippen LogP) is 1.82. The van der Waals surface area contributed by atoms with Gasteiger partial charge in [0, 0.05) is 46.4 Å². The molecule has 1 saturated heterocycles. The van der Waals surface area contributed by atoms with E-state index in [4.69, 9.17) is 4.74 Å². The smallest absolute Gasteiger partial charge is 0.234 e. The maximum Gasteiger partial charge on any atom is 0.234 e. The van der Waals surface area contributed by atoms with Gasteiger partial charge in [-0.25, -0.2) is 0 Å². The Bertz CT molecular complexity index is 446. The van der Waals surface area contributed by atoms with E-state index in [0.29, 0.717) is 12.6 Å². The van der Waals surface area contributed by atoms with E-state index in [1.165, 1.54) is 0 Å². The SMILES string of the molecule is CCCNC(=O)CN1CCC(NC(=NC)NCC(OC)C(C)(C)C)CC1.I. The molecule has 0 aromatic carbocycles. The summed E-state index contributed by atoms with van der Waals surface area (Å²) < 4.78 is 5.59. The zero-order valence-electron chi connectivity index (χ0n) is 17.9. The summed E-state index contributed by atoms with van der Waals surface area (Å²) in [6.07, 6.45) is 3.11. The maximum absolute atomic E-state index is 11.8. The van der Waals surface area contributed by atoms with Gasteiger partial charge in [0.25, 0.3) is 0 Å². The molecule has 1 aliphatic rings. The topological polar surface area (TPSA) is 78.0 Å². The highest BCUT2D eigenvalue weighted by molar-refractivity contribution is 14.0. The number of halogens is 1. The Hall–Kier alpha value is -0.610.